The molecular formula is C13H14N2O2. The summed E-state index contributed by atoms with van der Waals surface area (Å²) in [6, 6.07) is 5.89. The van der Waals surface area contributed by atoms with E-state index in [0.29, 0.717) is 0 Å². The summed E-state index contributed by atoms with van der Waals surface area (Å²) >= 11 is 0. The monoisotopic (exact) mass is 230 g/mol. The molecule has 1 heterocycles. The number of anilines is 1. The molecule has 0 saturated carbocycles. The molecule has 1 aliphatic rings. The van der Waals surface area contributed by atoms with Crippen molar-refractivity contribution in [2.24, 2.45) is 0 Å². The minimum Gasteiger partial charge on any atom is -0.288 e. The summed E-state index contributed by atoms with van der Waals surface area (Å²) in [4.78, 5) is 22.9. The van der Waals surface area contributed by atoms with Crippen molar-refractivity contribution >= 4 is 17.5 Å². The number of hydrogen-bond acceptors (Lipinski definition) is 3. The number of carbonyl (C=O) groups is 2. The van der Waals surface area contributed by atoms with E-state index in [1.807, 2.05) is 32.0 Å². The Morgan fingerprint density at radius 3 is 2.41 bits per heavy atom. The van der Waals surface area contributed by atoms with Gasteiger partial charge < -0.3 is 0 Å². The Kier molecular flexibility index (Phi) is 2.95. The summed E-state index contributed by atoms with van der Waals surface area (Å²) in [6.45, 7) is 3.98. The van der Waals surface area contributed by atoms with Crippen molar-refractivity contribution in [1.82, 2.24) is 5.01 Å². The van der Waals surface area contributed by atoms with E-state index < -0.39 is 0 Å². The average Bonchev–Trinajstić information content (AvgIpc) is 2.63. The number of carbonyl (C=O) groups excluding carboxylic acids is 2. The standard InChI is InChI=1S/C13H14N2O2/c1-3-10-6-4-5-9(2)13(10)14-15-11(16)7-8-12(15)17/h4-8,14H,3H2,1-2H3. The predicted molar refractivity (Wildman–Crippen MR) is 65.2 cm³/mol. The van der Waals surface area contributed by atoms with E-state index in [9.17, 15) is 9.59 Å². The van der Waals surface area contributed by atoms with Gasteiger partial charge in [0.2, 0.25) is 0 Å². The van der Waals surface area contributed by atoms with Crippen LogP contribution in [0.25, 0.3) is 0 Å². The highest BCUT2D eigenvalue weighted by atomic mass is 16.2. The Bertz CT molecular complexity index is 488. The van der Waals surface area contributed by atoms with Gasteiger partial charge in [-0.1, -0.05) is 25.1 Å². The number of benzene rings is 1. The smallest absolute Gasteiger partial charge is 0.272 e. The first-order chi connectivity index (χ1) is 8.13. The molecule has 1 N–H and O–H groups in total. The van der Waals surface area contributed by atoms with E-state index in [4.69, 9.17) is 0 Å². The van der Waals surface area contributed by atoms with Gasteiger partial charge in [0.25, 0.3) is 11.8 Å². The fourth-order valence-corrected chi connectivity index (χ4v) is 1.81. The van der Waals surface area contributed by atoms with Crippen LogP contribution in [0.5, 0.6) is 0 Å². The van der Waals surface area contributed by atoms with E-state index >= 15 is 0 Å². The van der Waals surface area contributed by atoms with Crippen LogP contribution < -0.4 is 5.43 Å². The molecular weight excluding hydrogens is 216 g/mol. The largest absolute Gasteiger partial charge is 0.288 e. The molecule has 0 fully saturated rings. The van der Waals surface area contributed by atoms with Crippen LogP contribution in [0.1, 0.15) is 18.1 Å². The zero-order chi connectivity index (χ0) is 12.4. The minimum absolute atomic E-state index is 0.333. The number of imide groups is 1. The highest BCUT2D eigenvalue weighted by Gasteiger charge is 2.24. The molecule has 4 nitrogen and oxygen atoms in total. The molecule has 1 aromatic carbocycles. The molecule has 88 valence electrons. The van der Waals surface area contributed by atoms with Gasteiger partial charge in [-0.25, -0.2) is 0 Å². The highest BCUT2D eigenvalue weighted by molar-refractivity contribution is 6.13. The predicted octanol–water partition coefficient (Wildman–Crippen LogP) is 1.81. The third-order valence-electron chi connectivity index (χ3n) is 2.77. The molecule has 2 amide bonds. The van der Waals surface area contributed by atoms with E-state index in [2.05, 4.69) is 5.43 Å². The lowest BCUT2D eigenvalue weighted by Gasteiger charge is -2.20. The quantitative estimate of drug-likeness (QED) is 0.806. The van der Waals surface area contributed by atoms with Gasteiger partial charge in [-0.15, -0.1) is 0 Å². The summed E-state index contributed by atoms with van der Waals surface area (Å²) in [7, 11) is 0. The van der Waals surface area contributed by atoms with Gasteiger partial charge in [0.1, 0.15) is 0 Å². The summed E-state index contributed by atoms with van der Waals surface area (Å²) in [5.74, 6) is -0.666. The fourth-order valence-electron chi connectivity index (χ4n) is 1.81. The Hall–Kier alpha value is -2.10. The molecule has 0 spiro atoms. The first-order valence-corrected chi connectivity index (χ1v) is 5.54. The van der Waals surface area contributed by atoms with E-state index in [1.54, 1.807) is 0 Å². The van der Waals surface area contributed by atoms with Crippen LogP contribution in [0.4, 0.5) is 5.69 Å². The normalized spacial score (nSPS) is 14.6. The fraction of sp³-hybridized carbons (Fsp3) is 0.231. The lowest BCUT2D eigenvalue weighted by Crippen LogP contribution is -2.36. The lowest BCUT2D eigenvalue weighted by molar-refractivity contribution is -0.135. The topological polar surface area (TPSA) is 49.4 Å². The van der Waals surface area contributed by atoms with E-state index in [0.717, 1.165) is 28.2 Å². The number of hydrazine groups is 1. The lowest BCUT2D eigenvalue weighted by atomic mass is 10.1. The van der Waals surface area contributed by atoms with Gasteiger partial charge >= 0.3 is 0 Å². The molecule has 0 radical (unpaired) electrons. The first-order valence-electron chi connectivity index (χ1n) is 5.54. The zero-order valence-corrected chi connectivity index (χ0v) is 9.86. The summed E-state index contributed by atoms with van der Waals surface area (Å²) in [6.07, 6.45) is 3.37. The Morgan fingerprint density at radius 1 is 1.18 bits per heavy atom. The minimum atomic E-state index is -0.333. The maximum absolute atomic E-state index is 11.5. The average molecular weight is 230 g/mol. The van der Waals surface area contributed by atoms with Crippen LogP contribution in [0, 0.1) is 6.92 Å². The van der Waals surface area contributed by atoms with Crippen LogP contribution in [-0.2, 0) is 16.0 Å². The summed E-state index contributed by atoms with van der Waals surface area (Å²) in [5, 5.41) is 1.03. The molecule has 0 aliphatic carbocycles. The van der Waals surface area contributed by atoms with Crippen LogP contribution >= 0.6 is 0 Å². The van der Waals surface area contributed by atoms with Gasteiger partial charge in [-0.3, -0.25) is 15.0 Å². The van der Waals surface area contributed by atoms with E-state index in [1.165, 1.54) is 12.2 Å². The van der Waals surface area contributed by atoms with Crippen LogP contribution in [0.3, 0.4) is 0 Å². The molecule has 0 saturated heterocycles. The molecule has 0 aromatic heterocycles. The highest BCUT2D eigenvalue weighted by Crippen LogP contribution is 2.22. The second-order valence-electron chi connectivity index (χ2n) is 3.92. The van der Waals surface area contributed by atoms with Gasteiger partial charge in [0, 0.05) is 12.2 Å². The third-order valence-corrected chi connectivity index (χ3v) is 2.77. The van der Waals surface area contributed by atoms with E-state index in [-0.39, 0.29) is 11.8 Å². The summed E-state index contributed by atoms with van der Waals surface area (Å²) < 4.78 is 0. The van der Waals surface area contributed by atoms with Crippen molar-refractivity contribution in [1.29, 1.82) is 0 Å². The Morgan fingerprint density at radius 2 is 1.82 bits per heavy atom. The number of nitrogens with zero attached hydrogens (tertiary/aromatic N) is 1. The van der Waals surface area contributed by atoms with Crippen LogP contribution in [-0.4, -0.2) is 16.8 Å². The van der Waals surface area contributed by atoms with Crippen molar-refractivity contribution in [2.45, 2.75) is 20.3 Å². The first kappa shape index (κ1) is 11.4. The second kappa shape index (κ2) is 4.41. The Balaban J connectivity index is 2.30. The maximum atomic E-state index is 11.5. The SMILES string of the molecule is CCc1cccc(C)c1NN1C(=O)C=CC1=O. The van der Waals surface area contributed by atoms with Crippen LogP contribution in [0.2, 0.25) is 0 Å². The number of nitrogens with one attached hydrogen (secondary N) is 1. The van der Waals surface area contributed by atoms with Gasteiger partial charge in [0.05, 0.1) is 5.69 Å². The van der Waals surface area contributed by atoms with Crippen molar-refractivity contribution in [3.63, 3.8) is 0 Å². The molecule has 0 atom stereocenters. The number of para-hydroxylation sites is 1. The Labute approximate surface area is 99.9 Å². The van der Waals surface area contributed by atoms with Crippen molar-refractivity contribution < 1.29 is 9.59 Å². The molecule has 0 unspecified atom stereocenters. The molecule has 4 heteroatoms. The van der Waals surface area contributed by atoms with Crippen LogP contribution in [0.15, 0.2) is 30.4 Å². The number of hydrogen-bond donors (Lipinski definition) is 1. The van der Waals surface area contributed by atoms with Gasteiger partial charge in [-0.05, 0) is 24.5 Å². The zero-order valence-electron chi connectivity index (χ0n) is 9.86. The maximum Gasteiger partial charge on any atom is 0.272 e. The second-order valence-corrected chi connectivity index (χ2v) is 3.92. The van der Waals surface area contributed by atoms with Crippen molar-refractivity contribution in [3.05, 3.63) is 41.5 Å². The van der Waals surface area contributed by atoms with Crippen molar-refractivity contribution in [2.75, 3.05) is 5.43 Å². The molecule has 1 aromatic rings. The molecule has 0 bridgehead atoms. The number of rotatable bonds is 3. The molecule has 1 aliphatic heterocycles. The summed E-state index contributed by atoms with van der Waals surface area (Å²) in [5.41, 5.74) is 5.83. The number of aryl methyl sites for hydroxylation is 2. The number of amides is 2. The van der Waals surface area contributed by atoms with Crippen molar-refractivity contribution in [3.8, 4) is 0 Å². The molecule has 17 heavy (non-hydrogen) atoms. The van der Waals surface area contributed by atoms with Gasteiger partial charge in [-0.2, -0.15) is 5.01 Å². The molecule has 2 rings (SSSR count). The van der Waals surface area contributed by atoms with Gasteiger partial charge in [0.15, 0.2) is 0 Å². The third kappa shape index (κ3) is 2.06.